The lowest BCUT2D eigenvalue weighted by Gasteiger charge is -2.18. The van der Waals surface area contributed by atoms with Crippen LogP contribution in [0.25, 0.3) is 0 Å². The van der Waals surface area contributed by atoms with Crippen molar-refractivity contribution >= 4 is 17.3 Å². The third-order valence-electron chi connectivity index (χ3n) is 1.99. The quantitative estimate of drug-likeness (QED) is 0.579. The molecular formula is C11H10O3S. The maximum absolute atomic E-state index is 10.5. The van der Waals surface area contributed by atoms with E-state index in [2.05, 4.69) is 0 Å². The fourth-order valence-electron chi connectivity index (χ4n) is 1.27. The van der Waals surface area contributed by atoms with Crippen LogP contribution in [0.4, 0.5) is 0 Å². The third kappa shape index (κ3) is 2.57. The standard InChI is InChI=1S/C11H10O3S/c12-7-11-10(4-1-5-13-11)14-8-9-3-2-6-15-9/h1-4,6,10H,5,8H2. The van der Waals surface area contributed by atoms with E-state index < -0.39 is 6.10 Å². The lowest BCUT2D eigenvalue weighted by Crippen LogP contribution is -2.19. The molecule has 4 heteroatoms. The summed E-state index contributed by atoms with van der Waals surface area (Å²) in [5.41, 5.74) is 0. The highest BCUT2D eigenvalue weighted by molar-refractivity contribution is 7.09. The van der Waals surface area contributed by atoms with Gasteiger partial charge < -0.3 is 9.47 Å². The van der Waals surface area contributed by atoms with Gasteiger partial charge in [0.15, 0.2) is 5.94 Å². The van der Waals surface area contributed by atoms with Gasteiger partial charge in [-0.1, -0.05) is 6.07 Å². The van der Waals surface area contributed by atoms with Crippen molar-refractivity contribution < 1.29 is 14.3 Å². The van der Waals surface area contributed by atoms with Crippen LogP contribution < -0.4 is 0 Å². The summed E-state index contributed by atoms with van der Waals surface area (Å²) in [6.45, 7) is 0.907. The maximum atomic E-state index is 10.5. The Morgan fingerprint density at radius 1 is 1.67 bits per heavy atom. The topological polar surface area (TPSA) is 35.5 Å². The van der Waals surface area contributed by atoms with Gasteiger partial charge in [0.25, 0.3) is 0 Å². The molecular weight excluding hydrogens is 212 g/mol. The molecule has 2 rings (SSSR count). The molecule has 2 heterocycles. The molecule has 78 valence electrons. The first-order valence-corrected chi connectivity index (χ1v) is 5.46. The van der Waals surface area contributed by atoms with E-state index in [0.717, 1.165) is 4.88 Å². The van der Waals surface area contributed by atoms with E-state index in [1.165, 1.54) is 0 Å². The first kappa shape index (κ1) is 10.2. The van der Waals surface area contributed by atoms with Gasteiger partial charge in [-0.25, -0.2) is 4.79 Å². The Labute approximate surface area is 91.6 Å². The number of hydrogen-bond acceptors (Lipinski definition) is 4. The second-order valence-corrected chi connectivity index (χ2v) is 4.05. The largest absolute Gasteiger partial charge is 0.480 e. The Balaban J connectivity index is 1.96. The van der Waals surface area contributed by atoms with Gasteiger partial charge in [-0.05, 0) is 23.6 Å². The average Bonchev–Trinajstić information content (AvgIpc) is 2.79. The highest BCUT2D eigenvalue weighted by Crippen LogP contribution is 2.16. The minimum Gasteiger partial charge on any atom is -0.480 e. The number of hydrogen-bond donors (Lipinski definition) is 0. The van der Waals surface area contributed by atoms with E-state index in [-0.39, 0.29) is 5.76 Å². The zero-order valence-corrected chi connectivity index (χ0v) is 8.83. The van der Waals surface area contributed by atoms with Crippen molar-refractivity contribution in [2.75, 3.05) is 6.61 Å². The molecule has 0 aliphatic carbocycles. The van der Waals surface area contributed by atoms with Gasteiger partial charge in [0.2, 0.25) is 5.76 Å². The summed E-state index contributed by atoms with van der Waals surface area (Å²) < 4.78 is 10.6. The van der Waals surface area contributed by atoms with Crippen LogP contribution in [0, 0.1) is 0 Å². The minimum atomic E-state index is -0.390. The minimum absolute atomic E-state index is 0.231. The van der Waals surface area contributed by atoms with Crippen LogP contribution in [0.15, 0.2) is 35.4 Å². The molecule has 0 saturated heterocycles. The summed E-state index contributed by atoms with van der Waals surface area (Å²) in [6.07, 6.45) is 3.26. The van der Waals surface area contributed by atoms with Crippen molar-refractivity contribution in [3.05, 3.63) is 40.3 Å². The molecule has 1 aliphatic rings. The summed E-state index contributed by atoms with van der Waals surface area (Å²) in [7, 11) is 0. The Hall–Kier alpha value is -1.35. The number of carbonyl (C=O) groups excluding carboxylic acids is 1. The van der Waals surface area contributed by atoms with Crippen LogP contribution in [0.5, 0.6) is 0 Å². The fraction of sp³-hybridized carbons (Fsp3) is 0.273. The van der Waals surface area contributed by atoms with Gasteiger partial charge in [0, 0.05) is 4.88 Å². The van der Waals surface area contributed by atoms with Crippen molar-refractivity contribution in [2.24, 2.45) is 0 Å². The molecule has 0 spiro atoms. The van der Waals surface area contributed by atoms with Crippen molar-refractivity contribution in [1.29, 1.82) is 0 Å². The maximum Gasteiger partial charge on any atom is 0.213 e. The molecule has 15 heavy (non-hydrogen) atoms. The molecule has 3 nitrogen and oxygen atoms in total. The Kier molecular flexibility index (Phi) is 3.35. The van der Waals surface area contributed by atoms with E-state index in [4.69, 9.17) is 9.47 Å². The second kappa shape index (κ2) is 4.94. The smallest absolute Gasteiger partial charge is 0.213 e. The highest BCUT2D eigenvalue weighted by atomic mass is 32.1. The molecule has 0 amide bonds. The SMILES string of the molecule is O=C=C1OCC=CC1OCc1cccs1. The first-order valence-electron chi connectivity index (χ1n) is 4.58. The third-order valence-corrected chi connectivity index (χ3v) is 2.84. The van der Waals surface area contributed by atoms with Gasteiger partial charge in [-0.3, -0.25) is 0 Å². The van der Waals surface area contributed by atoms with Crippen LogP contribution in [0.2, 0.25) is 0 Å². The van der Waals surface area contributed by atoms with Crippen LogP contribution in [0.1, 0.15) is 4.88 Å². The summed E-state index contributed by atoms with van der Waals surface area (Å²) >= 11 is 1.62. The Morgan fingerprint density at radius 2 is 2.60 bits per heavy atom. The number of ether oxygens (including phenoxy) is 2. The van der Waals surface area contributed by atoms with Crippen molar-refractivity contribution in [3.63, 3.8) is 0 Å². The molecule has 1 unspecified atom stereocenters. The predicted molar refractivity (Wildman–Crippen MR) is 57.2 cm³/mol. The van der Waals surface area contributed by atoms with Crippen LogP contribution in [-0.2, 0) is 20.9 Å². The van der Waals surface area contributed by atoms with E-state index >= 15 is 0 Å². The molecule has 1 aromatic heterocycles. The Bertz CT molecular complexity index is 388. The molecule has 0 radical (unpaired) electrons. The second-order valence-electron chi connectivity index (χ2n) is 3.02. The lowest BCUT2D eigenvalue weighted by molar-refractivity contribution is 0.0467. The zero-order chi connectivity index (χ0) is 10.5. The van der Waals surface area contributed by atoms with Crippen molar-refractivity contribution in [2.45, 2.75) is 12.7 Å². The molecule has 1 aliphatic heterocycles. The van der Waals surface area contributed by atoms with Gasteiger partial charge in [0.05, 0.1) is 6.61 Å². The van der Waals surface area contributed by atoms with Crippen molar-refractivity contribution in [3.8, 4) is 0 Å². The predicted octanol–water partition coefficient (Wildman–Crippen LogP) is 1.94. The van der Waals surface area contributed by atoms with Crippen LogP contribution in [-0.4, -0.2) is 18.7 Å². The van der Waals surface area contributed by atoms with Crippen molar-refractivity contribution in [1.82, 2.24) is 0 Å². The molecule has 0 fully saturated rings. The van der Waals surface area contributed by atoms with Gasteiger partial charge >= 0.3 is 0 Å². The van der Waals surface area contributed by atoms with Gasteiger partial charge in [-0.2, -0.15) is 0 Å². The Morgan fingerprint density at radius 3 is 3.33 bits per heavy atom. The average molecular weight is 222 g/mol. The normalized spacial score (nSPS) is 19.7. The van der Waals surface area contributed by atoms with Gasteiger partial charge in [-0.15, -0.1) is 11.3 Å². The van der Waals surface area contributed by atoms with E-state index in [0.29, 0.717) is 13.2 Å². The van der Waals surface area contributed by atoms with Crippen LogP contribution in [0.3, 0.4) is 0 Å². The summed E-state index contributed by atoms with van der Waals surface area (Å²) in [5, 5.41) is 1.99. The molecule has 1 aromatic rings. The lowest BCUT2D eigenvalue weighted by atomic mass is 10.2. The molecule has 0 bridgehead atoms. The summed E-state index contributed by atoms with van der Waals surface area (Å²) in [5.74, 6) is 1.99. The molecule has 0 aromatic carbocycles. The monoisotopic (exact) mass is 222 g/mol. The molecule has 0 saturated carbocycles. The first-order chi connectivity index (χ1) is 7.40. The fourth-order valence-corrected chi connectivity index (χ4v) is 1.90. The van der Waals surface area contributed by atoms with E-state index in [1.807, 2.05) is 29.7 Å². The summed E-state index contributed by atoms with van der Waals surface area (Å²) in [4.78, 5) is 11.7. The number of thiophene rings is 1. The van der Waals surface area contributed by atoms with Crippen LogP contribution >= 0.6 is 11.3 Å². The highest BCUT2D eigenvalue weighted by Gasteiger charge is 2.17. The van der Waals surface area contributed by atoms with E-state index in [9.17, 15) is 4.79 Å². The molecule has 0 N–H and O–H groups in total. The summed E-state index contributed by atoms with van der Waals surface area (Å²) in [6, 6.07) is 3.95. The van der Waals surface area contributed by atoms with E-state index in [1.54, 1.807) is 17.3 Å². The number of rotatable bonds is 3. The zero-order valence-electron chi connectivity index (χ0n) is 8.01. The molecule has 1 atom stereocenters. The van der Waals surface area contributed by atoms with Gasteiger partial charge in [0.1, 0.15) is 12.7 Å².